The zero-order chi connectivity index (χ0) is 40.6. The number of methoxy groups -OCH3 is 2. The normalized spacial score (nSPS) is 11.5. The fourth-order valence-corrected chi connectivity index (χ4v) is 10.0. The van der Waals surface area contributed by atoms with Crippen LogP contribution in [0.4, 0.5) is 0 Å². The Morgan fingerprint density at radius 3 is 1.49 bits per heavy atom. The van der Waals surface area contributed by atoms with Crippen molar-refractivity contribution in [2.45, 2.75) is 14.2 Å². The number of hydrogen-bond acceptors (Lipinski definition) is 12. The van der Waals surface area contributed by atoms with Gasteiger partial charge in [0.1, 0.15) is 41.8 Å². The van der Waals surface area contributed by atoms with E-state index in [1.54, 1.807) is 74.9 Å². The van der Waals surface area contributed by atoms with Crippen molar-refractivity contribution in [1.29, 1.82) is 0 Å². The molecule has 0 aliphatic heterocycles. The van der Waals surface area contributed by atoms with Crippen LogP contribution in [0.15, 0.2) is 124 Å². The third kappa shape index (κ3) is 9.19. The van der Waals surface area contributed by atoms with Crippen LogP contribution >= 0.6 is 22.7 Å². The second-order valence-corrected chi connectivity index (χ2v) is 17.6. The summed E-state index contributed by atoms with van der Waals surface area (Å²) in [5.41, 5.74) is 1.90. The molecule has 0 saturated carbocycles. The Kier molecular flexibility index (Phi) is 12.4. The van der Waals surface area contributed by atoms with Gasteiger partial charge in [-0.1, -0.05) is 66.4 Å². The smallest absolute Gasteiger partial charge is 0.269 e. The number of fused-ring (bicyclic) bond motifs is 2. The average Bonchev–Trinajstić information content (AvgIpc) is 3.87. The van der Waals surface area contributed by atoms with Crippen LogP contribution in [-0.4, -0.2) is 54.2 Å². The number of terminal acetylenes is 2. The first-order valence-corrected chi connectivity index (χ1v) is 21.4. The van der Waals surface area contributed by atoms with Gasteiger partial charge in [0.25, 0.3) is 20.0 Å². The highest BCUT2D eigenvalue weighted by molar-refractivity contribution is 7.91. The molecule has 5 aromatic carbocycles. The van der Waals surface area contributed by atoms with Gasteiger partial charge in [0.15, 0.2) is 0 Å². The summed E-state index contributed by atoms with van der Waals surface area (Å²) in [7, 11) is -4.75. The van der Waals surface area contributed by atoms with Gasteiger partial charge in [-0.25, -0.2) is 31.9 Å². The third-order valence-electron chi connectivity index (χ3n) is 8.34. The van der Waals surface area contributed by atoms with Gasteiger partial charge < -0.3 is 18.9 Å². The number of aromatic nitrogens is 2. The van der Waals surface area contributed by atoms with Crippen molar-refractivity contribution in [3.8, 4) is 47.7 Å². The molecule has 12 nitrogen and oxygen atoms in total. The van der Waals surface area contributed by atoms with E-state index in [0.717, 1.165) is 28.2 Å². The molecular formula is C41H34N4O8S4. The van der Waals surface area contributed by atoms with E-state index in [2.05, 4.69) is 26.5 Å². The van der Waals surface area contributed by atoms with Crippen LogP contribution in [0.1, 0.15) is 16.7 Å². The molecule has 2 heterocycles. The molecule has 57 heavy (non-hydrogen) atoms. The van der Waals surface area contributed by atoms with E-state index in [4.69, 9.17) is 36.9 Å². The Labute approximate surface area is 338 Å². The minimum atomic E-state index is -4.16. The van der Waals surface area contributed by atoms with E-state index < -0.39 is 25.6 Å². The number of ether oxygens (including phenoxy) is 4. The molecule has 0 radical (unpaired) electrons. The highest BCUT2D eigenvalue weighted by Crippen LogP contribution is 2.40. The molecule has 7 aromatic rings. The zero-order valence-corrected chi connectivity index (χ0v) is 33.7. The highest BCUT2D eigenvalue weighted by atomic mass is 32.3. The summed E-state index contributed by atoms with van der Waals surface area (Å²) >= 11 is 2.05. The molecule has 0 unspecified atom stereocenters. The lowest BCUT2D eigenvalue weighted by Gasteiger charge is -2.36. The Morgan fingerprint density at radius 2 is 1.05 bits per heavy atom. The summed E-state index contributed by atoms with van der Waals surface area (Å²) in [5.74, 6) is 7.18. The maximum Gasteiger partial charge on any atom is 0.269 e. The summed E-state index contributed by atoms with van der Waals surface area (Å²) in [6, 6.07) is 34.2. The Bertz CT molecular complexity index is 2760. The summed E-state index contributed by atoms with van der Waals surface area (Å²) in [4.78, 5) is 8.37. The van der Waals surface area contributed by atoms with E-state index in [9.17, 15) is 16.8 Å². The van der Waals surface area contributed by atoms with Gasteiger partial charge in [-0.3, -0.25) is 0 Å². The topological polar surface area (TPSA) is 169 Å². The summed E-state index contributed by atoms with van der Waals surface area (Å²) in [5, 5.41) is 5.00. The molecule has 0 aliphatic carbocycles. The molecule has 0 amide bonds. The first-order valence-electron chi connectivity index (χ1n) is 16.7. The van der Waals surface area contributed by atoms with Crippen LogP contribution in [0.5, 0.6) is 23.0 Å². The van der Waals surface area contributed by atoms with Crippen molar-refractivity contribution in [1.82, 2.24) is 14.7 Å². The van der Waals surface area contributed by atoms with Gasteiger partial charge >= 0.3 is 0 Å². The molecule has 2 aromatic heterocycles. The summed E-state index contributed by atoms with van der Waals surface area (Å²) in [6.45, 7) is 0.271. The largest absolute Gasteiger partial charge is 0.497 e. The average molecular weight is 839 g/mol. The Hall–Kier alpha value is -5.98. The fourth-order valence-electron chi connectivity index (χ4n) is 5.73. The molecule has 0 spiro atoms. The Morgan fingerprint density at radius 1 is 0.632 bits per heavy atom. The van der Waals surface area contributed by atoms with Crippen molar-refractivity contribution in [2.75, 3.05) is 27.4 Å². The van der Waals surface area contributed by atoms with Gasteiger partial charge in [-0.15, -0.1) is 35.5 Å². The van der Waals surface area contributed by atoms with Crippen molar-refractivity contribution < 1.29 is 35.8 Å². The SMILES string of the molecule is C#CCOc1ccc2nc(S(=O)(=O)NC(c3ccccc3)(c3ccc(OC)cc3)c3ccc(OC)cc3)sc2c1.C#CCOc1ccc2nc(S(N)(=O)=O)sc2c1. The van der Waals surface area contributed by atoms with Crippen LogP contribution in [0.3, 0.4) is 0 Å². The molecule has 7 rings (SSSR count). The quantitative estimate of drug-likeness (QED) is 0.0960. The van der Waals surface area contributed by atoms with E-state index in [0.29, 0.717) is 54.6 Å². The zero-order valence-electron chi connectivity index (χ0n) is 30.4. The first-order chi connectivity index (χ1) is 27.4. The summed E-state index contributed by atoms with van der Waals surface area (Å²) < 4.78 is 76.3. The number of nitrogens with zero attached hydrogens (tertiary/aromatic N) is 2. The maximum atomic E-state index is 14.2. The van der Waals surface area contributed by atoms with Crippen LogP contribution in [0, 0.1) is 24.7 Å². The predicted octanol–water partition coefficient (Wildman–Crippen LogP) is 6.55. The van der Waals surface area contributed by atoms with Crippen LogP contribution in [-0.2, 0) is 25.6 Å². The number of primary sulfonamides is 1. The van der Waals surface area contributed by atoms with Crippen molar-refractivity contribution >= 4 is 63.2 Å². The maximum absolute atomic E-state index is 14.2. The van der Waals surface area contributed by atoms with Crippen molar-refractivity contribution in [2.24, 2.45) is 5.14 Å². The minimum absolute atomic E-state index is 0.0704. The molecule has 0 aliphatic rings. The number of nitrogens with two attached hydrogens (primary N) is 1. The number of thiazole rings is 2. The molecule has 0 fully saturated rings. The van der Waals surface area contributed by atoms with Gasteiger partial charge in [0.05, 0.1) is 34.7 Å². The van der Waals surface area contributed by atoms with Gasteiger partial charge in [0.2, 0.25) is 8.68 Å². The molecule has 0 saturated heterocycles. The monoisotopic (exact) mass is 838 g/mol. The molecule has 0 atom stereocenters. The lowest BCUT2D eigenvalue weighted by atomic mass is 9.78. The molecule has 290 valence electrons. The summed E-state index contributed by atoms with van der Waals surface area (Å²) in [6.07, 6.45) is 10.4. The number of benzene rings is 5. The highest BCUT2D eigenvalue weighted by Gasteiger charge is 2.41. The molecule has 3 N–H and O–H groups in total. The van der Waals surface area contributed by atoms with Gasteiger partial charge in [-0.05, 0) is 77.4 Å². The van der Waals surface area contributed by atoms with Crippen LogP contribution in [0.25, 0.3) is 20.4 Å². The van der Waals surface area contributed by atoms with E-state index >= 15 is 0 Å². The molecule has 16 heteroatoms. The van der Waals surface area contributed by atoms with Gasteiger partial charge in [-0.2, -0.15) is 4.72 Å². The van der Waals surface area contributed by atoms with Crippen molar-refractivity contribution in [3.05, 3.63) is 132 Å². The van der Waals surface area contributed by atoms with E-state index in [1.165, 1.54) is 0 Å². The lowest BCUT2D eigenvalue weighted by molar-refractivity contribution is 0.371. The number of hydrogen-bond donors (Lipinski definition) is 2. The van der Waals surface area contributed by atoms with Crippen molar-refractivity contribution in [3.63, 3.8) is 0 Å². The first kappa shape index (κ1) is 40.7. The van der Waals surface area contributed by atoms with E-state index in [1.807, 2.05) is 54.6 Å². The minimum Gasteiger partial charge on any atom is -0.497 e. The lowest BCUT2D eigenvalue weighted by Crippen LogP contribution is -2.47. The number of nitrogens with one attached hydrogen (secondary N) is 1. The third-order valence-corrected chi connectivity index (χ3v) is 13.5. The number of sulfonamides is 2. The fraction of sp³-hybridized carbons (Fsp3) is 0.122. The Balaban J connectivity index is 0.000000269. The molecular weight excluding hydrogens is 805 g/mol. The number of rotatable bonds is 13. The standard InChI is InChI=1S/C31H26N2O5S2.C10H8N2O3S2/c1-4-20-38-27-18-19-28-29(21-27)39-30(32-28)40(34,35)33-31(22-8-6-5-7-9-22,23-10-14-25(36-2)15-11-23)24-12-16-26(37-3)17-13-24;1-2-5-15-7-3-4-8-9(6-7)16-10(12-8)17(11,13)14/h1,5-19,21,33H,20H2,2-3H3;1,3-4,6H,5H2,(H2,11,13,14). The van der Waals surface area contributed by atoms with E-state index in [-0.39, 0.29) is 21.9 Å². The second-order valence-electron chi connectivity index (χ2n) is 11.9. The van der Waals surface area contributed by atoms with Gasteiger partial charge in [0, 0.05) is 0 Å². The van der Waals surface area contributed by atoms with Crippen LogP contribution in [0.2, 0.25) is 0 Å². The van der Waals surface area contributed by atoms with Crippen LogP contribution < -0.4 is 28.8 Å². The molecule has 0 bridgehead atoms. The second kappa shape index (κ2) is 17.4. The predicted molar refractivity (Wildman–Crippen MR) is 222 cm³/mol.